The summed E-state index contributed by atoms with van der Waals surface area (Å²) >= 11 is 0. The molecule has 0 amide bonds. The SMILES string of the molecule is COc1cccc(OC)c1C(=O)CC1CC2CCC(C1)N2. The van der Waals surface area contributed by atoms with Gasteiger partial charge in [0.2, 0.25) is 0 Å². The highest BCUT2D eigenvalue weighted by Crippen LogP contribution is 2.36. The fourth-order valence-corrected chi connectivity index (χ4v) is 3.83. The van der Waals surface area contributed by atoms with E-state index in [2.05, 4.69) is 5.32 Å². The molecule has 1 N–H and O–H groups in total. The highest BCUT2D eigenvalue weighted by atomic mass is 16.5. The number of methoxy groups -OCH3 is 2. The average molecular weight is 289 g/mol. The lowest BCUT2D eigenvalue weighted by Gasteiger charge is -2.28. The molecule has 0 radical (unpaired) electrons. The molecule has 3 rings (SSSR count). The van der Waals surface area contributed by atoms with Crippen LogP contribution in [0, 0.1) is 5.92 Å². The van der Waals surface area contributed by atoms with E-state index in [0.717, 1.165) is 12.8 Å². The highest BCUT2D eigenvalue weighted by Gasteiger charge is 2.34. The lowest BCUT2D eigenvalue weighted by molar-refractivity contribution is 0.0939. The second-order valence-electron chi connectivity index (χ2n) is 6.14. The van der Waals surface area contributed by atoms with Crippen LogP contribution in [-0.2, 0) is 0 Å². The first-order valence-corrected chi connectivity index (χ1v) is 7.71. The quantitative estimate of drug-likeness (QED) is 0.847. The van der Waals surface area contributed by atoms with E-state index in [4.69, 9.17) is 9.47 Å². The first-order valence-electron chi connectivity index (χ1n) is 7.71. The third-order valence-electron chi connectivity index (χ3n) is 4.75. The molecule has 2 aliphatic heterocycles. The number of fused-ring (bicyclic) bond motifs is 2. The summed E-state index contributed by atoms with van der Waals surface area (Å²) in [4.78, 5) is 12.7. The van der Waals surface area contributed by atoms with E-state index in [0.29, 0.717) is 41.5 Å². The maximum absolute atomic E-state index is 12.7. The molecule has 21 heavy (non-hydrogen) atoms. The summed E-state index contributed by atoms with van der Waals surface area (Å²) in [5.41, 5.74) is 0.591. The normalized spacial score (nSPS) is 27.4. The number of hydrogen-bond acceptors (Lipinski definition) is 4. The molecule has 2 aliphatic rings. The van der Waals surface area contributed by atoms with Crippen molar-refractivity contribution >= 4 is 5.78 Å². The molecule has 2 heterocycles. The van der Waals surface area contributed by atoms with E-state index in [1.807, 2.05) is 18.2 Å². The van der Waals surface area contributed by atoms with Crippen molar-refractivity contribution in [3.05, 3.63) is 23.8 Å². The van der Waals surface area contributed by atoms with Gasteiger partial charge < -0.3 is 14.8 Å². The van der Waals surface area contributed by atoms with E-state index < -0.39 is 0 Å². The zero-order valence-corrected chi connectivity index (χ0v) is 12.7. The predicted molar refractivity (Wildman–Crippen MR) is 81.2 cm³/mol. The van der Waals surface area contributed by atoms with Gasteiger partial charge in [0.25, 0.3) is 0 Å². The first kappa shape index (κ1) is 14.4. The minimum absolute atomic E-state index is 0.135. The number of carbonyl (C=O) groups is 1. The summed E-state index contributed by atoms with van der Waals surface area (Å²) in [7, 11) is 3.19. The number of piperidine rings is 1. The average Bonchev–Trinajstić information content (AvgIpc) is 2.85. The Balaban J connectivity index is 1.76. The molecule has 0 saturated carbocycles. The minimum Gasteiger partial charge on any atom is -0.496 e. The third-order valence-corrected chi connectivity index (χ3v) is 4.75. The van der Waals surface area contributed by atoms with Crippen LogP contribution in [-0.4, -0.2) is 32.1 Å². The Morgan fingerprint density at radius 3 is 2.24 bits per heavy atom. The maximum Gasteiger partial charge on any atom is 0.170 e. The lowest BCUT2D eigenvalue weighted by atomic mass is 9.86. The summed E-state index contributed by atoms with van der Waals surface area (Å²) in [6, 6.07) is 6.71. The summed E-state index contributed by atoms with van der Waals surface area (Å²) in [5, 5.41) is 3.62. The van der Waals surface area contributed by atoms with Crippen LogP contribution in [0.3, 0.4) is 0 Å². The lowest BCUT2D eigenvalue weighted by Crippen LogP contribution is -2.38. The Morgan fingerprint density at radius 2 is 1.71 bits per heavy atom. The molecule has 1 aromatic carbocycles. The van der Waals surface area contributed by atoms with Crippen molar-refractivity contribution in [1.29, 1.82) is 0 Å². The Labute approximate surface area is 125 Å². The van der Waals surface area contributed by atoms with Crippen LogP contribution in [0.15, 0.2) is 18.2 Å². The largest absolute Gasteiger partial charge is 0.496 e. The molecule has 114 valence electrons. The number of ether oxygens (including phenoxy) is 2. The van der Waals surface area contributed by atoms with Crippen LogP contribution < -0.4 is 14.8 Å². The number of benzene rings is 1. The van der Waals surface area contributed by atoms with Crippen LogP contribution in [0.4, 0.5) is 0 Å². The molecule has 1 aromatic rings. The van der Waals surface area contributed by atoms with Gasteiger partial charge in [-0.05, 0) is 43.7 Å². The maximum atomic E-state index is 12.7. The molecular formula is C17H23NO3. The van der Waals surface area contributed by atoms with E-state index >= 15 is 0 Å². The molecule has 2 bridgehead atoms. The Morgan fingerprint density at radius 1 is 1.14 bits per heavy atom. The number of carbonyl (C=O) groups excluding carboxylic acids is 1. The zero-order chi connectivity index (χ0) is 14.8. The van der Waals surface area contributed by atoms with Gasteiger partial charge in [-0.15, -0.1) is 0 Å². The van der Waals surface area contributed by atoms with Crippen molar-refractivity contribution in [1.82, 2.24) is 5.32 Å². The summed E-state index contributed by atoms with van der Waals surface area (Å²) in [6.45, 7) is 0. The topological polar surface area (TPSA) is 47.6 Å². The van der Waals surface area contributed by atoms with Crippen LogP contribution >= 0.6 is 0 Å². The van der Waals surface area contributed by atoms with Crippen LogP contribution in [0.5, 0.6) is 11.5 Å². The molecule has 0 spiro atoms. The van der Waals surface area contributed by atoms with Crippen molar-refractivity contribution in [2.75, 3.05) is 14.2 Å². The molecule has 0 aliphatic carbocycles. The van der Waals surface area contributed by atoms with Crippen molar-refractivity contribution in [3.63, 3.8) is 0 Å². The number of Topliss-reactive ketones (excluding diaryl/α,β-unsaturated/α-hetero) is 1. The molecule has 2 fully saturated rings. The van der Waals surface area contributed by atoms with Crippen LogP contribution in [0.25, 0.3) is 0 Å². The van der Waals surface area contributed by atoms with Gasteiger partial charge in [0, 0.05) is 18.5 Å². The second-order valence-corrected chi connectivity index (χ2v) is 6.14. The van der Waals surface area contributed by atoms with Gasteiger partial charge in [-0.3, -0.25) is 4.79 Å². The van der Waals surface area contributed by atoms with Gasteiger partial charge in [-0.1, -0.05) is 6.07 Å². The first-order chi connectivity index (χ1) is 10.2. The van der Waals surface area contributed by atoms with Gasteiger partial charge in [0.05, 0.1) is 14.2 Å². The highest BCUT2D eigenvalue weighted by molar-refractivity contribution is 6.01. The molecule has 4 heteroatoms. The molecule has 4 nitrogen and oxygen atoms in total. The van der Waals surface area contributed by atoms with E-state index in [9.17, 15) is 4.79 Å². The van der Waals surface area contributed by atoms with E-state index in [1.165, 1.54) is 12.8 Å². The fourth-order valence-electron chi connectivity index (χ4n) is 3.83. The van der Waals surface area contributed by atoms with Gasteiger partial charge in [-0.2, -0.15) is 0 Å². The third kappa shape index (κ3) is 2.91. The molecule has 2 saturated heterocycles. The molecule has 0 aromatic heterocycles. The molecular weight excluding hydrogens is 266 g/mol. The van der Waals surface area contributed by atoms with Gasteiger partial charge in [0.1, 0.15) is 17.1 Å². The Bertz CT molecular complexity index is 495. The van der Waals surface area contributed by atoms with Crippen molar-refractivity contribution in [2.45, 2.75) is 44.2 Å². The van der Waals surface area contributed by atoms with Crippen molar-refractivity contribution in [3.8, 4) is 11.5 Å². The number of nitrogens with one attached hydrogen (secondary N) is 1. The fraction of sp³-hybridized carbons (Fsp3) is 0.588. The van der Waals surface area contributed by atoms with E-state index in [-0.39, 0.29) is 5.78 Å². The number of hydrogen-bond donors (Lipinski definition) is 1. The molecule has 2 unspecified atom stereocenters. The number of rotatable bonds is 5. The Kier molecular flexibility index (Phi) is 4.15. The monoisotopic (exact) mass is 289 g/mol. The van der Waals surface area contributed by atoms with Gasteiger partial charge >= 0.3 is 0 Å². The Hall–Kier alpha value is -1.55. The smallest absolute Gasteiger partial charge is 0.170 e. The standard InChI is InChI=1S/C17H23NO3/c1-20-15-4-3-5-16(21-2)17(15)14(19)10-11-8-12-6-7-13(9-11)18-12/h3-5,11-13,18H,6-10H2,1-2H3. The van der Waals surface area contributed by atoms with Crippen LogP contribution in [0.2, 0.25) is 0 Å². The molecule has 2 atom stereocenters. The zero-order valence-electron chi connectivity index (χ0n) is 12.7. The van der Waals surface area contributed by atoms with Gasteiger partial charge in [-0.25, -0.2) is 0 Å². The van der Waals surface area contributed by atoms with Crippen LogP contribution in [0.1, 0.15) is 42.5 Å². The van der Waals surface area contributed by atoms with E-state index in [1.54, 1.807) is 14.2 Å². The summed E-state index contributed by atoms with van der Waals surface area (Å²) < 4.78 is 10.7. The summed E-state index contributed by atoms with van der Waals surface area (Å²) in [6.07, 6.45) is 5.32. The van der Waals surface area contributed by atoms with Crippen molar-refractivity contribution in [2.24, 2.45) is 5.92 Å². The summed E-state index contributed by atoms with van der Waals surface area (Å²) in [5.74, 6) is 1.83. The van der Waals surface area contributed by atoms with Gasteiger partial charge in [0.15, 0.2) is 5.78 Å². The van der Waals surface area contributed by atoms with Crippen molar-refractivity contribution < 1.29 is 14.3 Å². The minimum atomic E-state index is 0.135. The number of ketones is 1. The second kappa shape index (κ2) is 6.06. The predicted octanol–water partition coefficient (Wildman–Crippen LogP) is 2.81.